The molecule has 0 bridgehead atoms. The smallest absolute Gasteiger partial charge is 0.290 e. The predicted molar refractivity (Wildman–Crippen MR) is 132 cm³/mol. The van der Waals surface area contributed by atoms with Crippen molar-refractivity contribution in [2.75, 3.05) is 23.7 Å². The van der Waals surface area contributed by atoms with Crippen molar-refractivity contribution in [3.63, 3.8) is 0 Å². The number of hydrogen-bond acceptors (Lipinski definition) is 9. The van der Waals surface area contributed by atoms with Crippen LogP contribution < -0.4 is 15.5 Å². The van der Waals surface area contributed by atoms with Gasteiger partial charge in [-0.15, -0.1) is 11.8 Å². The van der Waals surface area contributed by atoms with E-state index in [0.29, 0.717) is 28.5 Å². The molecule has 2 saturated heterocycles. The molecule has 2 aromatic rings. The SMILES string of the molecule is O=C1NC(=O)/C(=C/c2ccnc(N3CCC(NCc4cccc(C5C=CSC5)n4)CC3)n2)S1. The van der Waals surface area contributed by atoms with E-state index in [0.717, 1.165) is 61.4 Å². The van der Waals surface area contributed by atoms with Gasteiger partial charge in [0.15, 0.2) is 0 Å². The van der Waals surface area contributed by atoms with Crippen molar-refractivity contribution in [2.24, 2.45) is 0 Å². The van der Waals surface area contributed by atoms with Crippen molar-refractivity contribution in [3.05, 3.63) is 63.9 Å². The highest BCUT2D eigenvalue weighted by Crippen LogP contribution is 2.28. The van der Waals surface area contributed by atoms with Gasteiger partial charge >= 0.3 is 0 Å². The summed E-state index contributed by atoms with van der Waals surface area (Å²) in [5, 5.41) is 7.72. The average Bonchev–Trinajstić information content (AvgIpc) is 3.48. The maximum atomic E-state index is 11.8. The molecule has 3 aliphatic rings. The van der Waals surface area contributed by atoms with Crippen LogP contribution in [0, 0.1) is 0 Å². The van der Waals surface area contributed by atoms with Crippen molar-refractivity contribution >= 4 is 46.7 Å². The molecule has 2 amide bonds. The van der Waals surface area contributed by atoms with Gasteiger partial charge in [0.2, 0.25) is 5.95 Å². The molecule has 0 radical (unpaired) electrons. The summed E-state index contributed by atoms with van der Waals surface area (Å²) in [6.07, 6.45) is 7.53. The van der Waals surface area contributed by atoms with E-state index in [2.05, 4.69) is 55.2 Å². The summed E-state index contributed by atoms with van der Waals surface area (Å²) in [5.74, 6) is 1.77. The number of pyridine rings is 1. The van der Waals surface area contributed by atoms with E-state index in [4.69, 9.17) is 4.98 Å². The number of piperidine rings is 1. The molecular weight excluding hydrogens is 456 g/mol. The van der Waals surface area contributed by atoms with Gasteiger partial charge in [0.05, 0.1) is 16.3 Å². The van der Waals surface area contributed by atoms with E-state index >= 15 is 0 Å². The quantitative estimate of drug-likeness (QED) is 0.603. The van der Waals surface area contributed by atoms with Gasteiger partial charge in [-0.3, -0.25) is 19.9 Å². The van der Waals surface area contributed by atoms with E-state index in [-0.39, 0.29) is 11.1 Å². The van der Waals surface area contributed by atoms with E-state index in [1.165, 1.54) is 0 Å². The van der Waals surface area contributed by atoms with E-state index < -0.39 is 0 Å². The molecule has 1 unspecified atom stereocenters. The highest BCUT2D eigenvalue weighted by atomic mass is 32.2. The van der Waals surface area contributed by atoms with Crippen LogP contribution >= 0.6 is 23.5 Å². The van der Waals surface area contributed by atoms with Gasteiger partial charge in [-0.25, -0.2) is 9.97 Å². The summed E-state index contributed by atoms with van der Waals surface area (Å²) < 4.78 is 0. The Morgan fingerprint density at radius 1 is 1.18 bits per heavy atom. The second-order valence-electron chi connectivity index (χ2n) is 8.10. The Morgan fingerprint density at radius 3 is 2.82 bits per heavy atom. The first-order chi connectivity index (χ1) is 16.1. The highest BCUT2D eigenvalue weighted by Gasteiger charge is 2.26. The standard InChI is InChI=1S/C23H24N6O2S2/c30-21-20(33-23(31)28-21)12-17-4-8-24-22(27-17)29-9-5-16(6-10-29)25-13-18-2-1-3-19(26-18)15-7-11-32-14-15/h1-4,7-8,11-12,15-16,25H,5-6,9-10,13-14H2,(H,28,30,31)/b20-12-. The third-order valence-electron chi connectivity index (χ3n) is 5.83. The molecule has 0 aromatic carbocycles. The molecule has 170 valence electrons. The molecular formula is C23H24N6O2S2. The number of amides is 2. The Labute approximate surface area is 200 Å². The molecule has 0 spiro atoms. The number of carbonyl (C=O) groups excluding carboxylic acids is 2. The van der Waals surface area contributed by atoms with E-state index in [1.54, 1.807) is 18.3 Å². The topological polar surface area (TPSA) is 100 Å². The Morgan fingerprint density at radius 2 is 2.06 bits per heavy atom. The number of imide groups is 1. The lowest BCUT2D eigenvalue weighted by atomic mass is 10.0. The molecule has 10 heteroatoms. The molecule has 1 atom stereocenters. The fourth-order valence-corrected chi connectivity index (χ4v) is 5.60. The minimum atomic E-state index is -0.379. The number of anilines is 1. The zero-order valence-electron chi connectivity index (χ0n) is 17.9. The maximum Gasteiger partial charge on any atom is 0.290 e. The van der Waals surface area contributed by atoms with Crippen molar-refractivity contribution in [1.29, 1.82) is 0 Å². The zero-order valence-corrected chi connectivity index (χ0v) is 19.6. The minimum Gasteiger partial charge on any atom is -0.341 e. The van der Waals surface area contributed by atoms with Gasteiger partial charge in [0.1, 0.15) is 0 Å². The lowest BCUT2D eigenvalue weighted by Crippen LogP contribution is -2.43. The second kappa shape index (κ2) is 10.1. The second-order valence-corrected chi connectivity index (χ2v) is 10.1. The Bertz CT molecular complexity index is 1110. The molecule has 8 nitrogen and oxygen atoms in total. The average molecular weight is 481 g/mol. The molecule has 2 fully saturated rings. The first-order valence-electron chi connectivity index (χ1n) is 10.9. The summed E-state index contributed by atoms with van der Waals surface area (Å²) in [6, 6.07) is 8.46. The van der Waals surface area contributed by atoms with Crippen molar-refractivity contribution in [2.45, 2.75) is 31.3 Å². The third-order valence-corrected chi connectivity index (χ3v) is 7.54. The van der Waals surface area contributed by atoms with Crippen LogP contribution in [-0.4, -0.2) is 51.0 Å². The van der Waals surface area contributed by atoms with Crippen molar-refractivity contribution in [1.82, 2.24) is 25.6 Å². The molecule has 0 aliphatic carbocycles. The minimum absolute atomic E-state index is 0.355. The number of nitrogens with one attached hydrogen (secondary N) is 2. The Balaban J connectivity index is 1.15. The number of hydrogen-bond donors (Lipinski definition) is 2. The normalized spacial score (nSPS) is 22.4. The van der Waals surface area contributed by atoms with Crippen LogP contribution in [0.5, 0.6) is 0 Å². The molecule has 5 rings (SSSR count). The van der Waals surface area contributed by atoms with Crippen LogP contribution in [0.2, 0.25) is 0 Å². The summed E-state index contributed by atoms with van der Waals surface area (Å²) >= 11 is 2.73. The molecule has 2 N–H and O–H groups in total. The number of rotatable bonds is 6. The van der Waals surface area contributed by atoms with Gasteiger partial charge in [-0.05, 0) is 54.3 Å². The number of aromatic nitrogens is 3. The Hall–Kier alpha value is -2.69. The maximum absolute atomic E-state index is 11.8. The molecule has 2 aromatic heterocycles. The van der Waals surface area contributed by atoms with Crippen molar-refractivity contribution in [3.8, 4) is 0 Å². The van der Waals surface area contributed by atoms with Gasteiger partial charge in [0.25, 0.3) is 11.1 Å². The molecule has 33 heavy (non-hydrogen) atoms. The Kier molecular flexibility index (Phi) is 6.75. The first-order valence-corrected chi connectivity index (χ1v) is 12.8. The fourth-order valence-electron chi connectivity index (χ4n) is 4.03. The van der Waals surface area contributed by atoms with Crippen molar-refractivity contribution < 1.29 is 9.59 Å². The summed E-state index contributed by atoms with van der Waals surface area (Å²) in [4.78, 5) is 39.5. The summed E-state index contributed by atoms with van der Waals surface area (Å²) in [7, 11) is 0. The lowest BCUT2D eigenvalue weighted by Gasteiger charge is -2.32. The predicted octanol–water partition coefficient (Wildman–Crippen LogP) is 3.30. The fraction of sp³-hybridized carbons (Fsp3) is 0.348. The number of carbonyl (C=O) groups is 2. The summed E-state index contributed by atoms with van der Waals surface area (Å²) in [6.45, 7) is 2.46. The van der Waals surface area contributed by atoms with Gasteiger partial charge in [-0.2, -0.15) is 0 Å². The van der Waals surface area contributed by atoms with Crippen LogP contribution in [-0.2, 0) is 11.3 Å². The largest absolute Gasteiger partial charge is 0.341 e. The van der Waals surface area contributed by atoms with Crippen LogP contribution in [0.1, 0.15) is 35.8 Å². The van der Waals surface area contributed by atoms with Crippen LogP contribution in [0.15, 0.2) is 46.9 Å². The first kappa shape index (κ1) is 22.1. The van der Waals surface area contributed by atoms with Gasteiger partial charge in [0, 0.05) is 49.2 Å². The molecule has 3 aliphatic heterocycles. The number of allylic oxidation sites excluding steroid dienone is 1. The van der Waals surface area contributed by atoms with Crippen LogP contribution in [0.4, 0.5) is 10.7 Å². The van der Waals surface area contributed by atoms with Crippen LogP contribution in [0.25, 0.3) is 6.08 Å². The lowest BCUT2D eigenvalue weighted by molar-refractivity contribution is -0.115. The monoisotopic (exact) mass is 480 g/mol. The van der Waals surface area contributed by atoms with Crippen LogP contribution in [0.3, 0.4) is 0 Å². The highest BCUT2D eigenvalue weighted by molar-refractivity contribution is 8.18. The molecule has 0 saturated carbocycles. The summed E-state index contributed by atoms with van der Waals surface area (Å²) in [5.41, 5.74) is 2.85. The zero-order chi connectivity index (χ0) is 22.6. The van der Waals surface area contributed by atoms with E-state index in [9.17, 15) is 9.59 Å². The van der Waals surface area contributed by atoms with Gasteiger partial charge < -0.3 is 10.2 Å². The number of nitrogens with zero attached hydrogens (tertiary/aromatic N) is 4. The number of thioether (sulfide) groups is 2. The molecule has 5 heterocycles. The van der Waals surface area contributed by atoms with Gasteiger partial charge in [-0.1, -0.05) is 12.1 Å². The third kappa shape index (κ3) is 5.45. The van der Waals surface area contributed by atoms with E-state index in [1.807, 2.05) is 11.8 Å².